The van der Waals surface area contributed by atoms with Gasteiger partial charge in [-0.25, -0.2) is 0 Å². The Hall–Kier alpha value is -1.51. The van der Waals surface area contributed by atoms with E-state index in [0.29, 0.717) is 6.42 Å². The summed E-state index contributed by atoms with van der Waals surface area (Å²) in [7, 11) is 1.66. The van der Waals surface area contributed by atoms with Crippen LogP contribution in [0.3, 0.4) is 0 Å². The Labute approximate surface area is 97.1 Å². The van der Waals surface area contributed by atoms with Gasteiger partial charge in [0.15, 0.2) is 0 Å². The van der Waals surface area contributed by atoms with Crippen LogP contribution in [0.5, 0.6) is 5.75 Å². The van der Waals surface area contributed by atoms with E-state index in [-0.39, 0.29) is 0 Å². The predicted molar refractivity (Wildman–Crippen MR) is 64.8 cm³/mol. The summed E-state index contributed by atoms with van der Waals surface area (Å²) >= 11 is 0. The number of carbonyl (C=O) groups is 1. The maximum Gasteiger partial charge on any atom is 0.303 e. The first-order chi connectivity index (χ1) is 7.70. The average molecular weight is 224 g/mol. The number of carboxylic acid groups (broad SMARTS) is 1. The molecule has 0 amide bonds. The summed E-state index contributed by atoms with van der Waals surface area (Å²) in [6, 6.07) is 9.68. The third kappa shape index (κ3) is 9.06. The van der Waals surface area contributed by atoms with Crippen LogP contribution in [-0.4, -0.2) is 18.2 Å². The molecule has 1 N–H and O–H groups in total. The zero-order valence-electron chi connectivity index (χ0n) is 9.98. The highest BCUT2D eigenvalue weighted by molar-refractivity contribution is 5.66. The van der Waals surface area contributed by atoms with Crippen molar-refractivity contribution in [2.75, 3.05) is 7.11 Å². The van der Waals surface area contributed by atoms with Crippen LogP contribution >= 0.6 is 0 Å². The lowest BCUT2D eigenvalue weighted by molar-refractivity contribution is -0.137. The second kappa shape index (κ2) is 10.0. The molecule has 3 heteroatoms. The summed E-state index contributed by atoms with van der Waals surface area (Å²) < 4.78 is 4.91. The van der Waals surface area contributed by atoms with Gasteiger partial charge in [0.1, 0.15) is 5.75 Å². The summed E-state index contributed by atoms with van der Waals surface area (Å²) in [4.78, 5) is 9.87. The first kappa shape index (κ1) is 14.5. The average Bonchev–Trinajstić information content (AvgIpc) is 2.31. The molecule has 0 bridgehead atoms. The number of benzene rings is 1. The number of rotatable bonds is 5. The Bertz CT molecular complexity index is 270. The van der Waals surface area contributed by atoms with E-state index in [9.17, 15) is 4.79 Å². The smallest absolute Gasteiger partial charge is 0.303 e. The highest BCUT2D eigenvalue weighted by Crippen LogP contribution is 2.05. The Morgan fingerprint density at radius 3 is 2.25 bits per heavy atom. The van der Waals surface area contributed by atoms with Gasteiger partial charge in [0.2, 0.25) is 0 Å². The molecule has 0 radical (unpaired) electrons. The van der Waals surface area contributed by atoms with Crippen molar-refractivity contribution in [3.63, 3.8) is 0 Å². The highest BCUT2D eigenvalue weighted by atomic mass is 16.5. The zero-order chi connectivity index (χ0) is 12.2. The molecule has 0 aliphatic carbocycles. The molecule has 0 saturated carbocycles. The van der Waals surface area contributed by atoms with Gasteiger partial charge in [-0.3, -0.25) is 4.79 Å². The molecular formula is C13H20O3. The van der Waals surface area contributed by atoms with Crippen LogP contribution in [0.2, 0.25) is 0 Å². The first-order valence-corrected chi connectivity index (χ1v) is 5.51. The molecule has 16 heavy (non-hydrogen) atoms. The number of methoxy groups -OCH3 is 1. The van der Waals surface area contributed by atoms with Crippen molar-refractivity contribution in [2.45, 2.75) is 32.6 Å². The number of hydrogen-bond donors (Lipinski definition) is 1. The largest absolute Gasteiger partial charge is 0.497 e. The zero-order valence-corrected chi connectivity index (χ0v) is 9.98. The van der Waals surface area contributed by atoms with Crippen molar-refractivity contribution in [3.05, 3.63) is 30.3 Å². The van der Waals surface area contributed by atoms with E-state index in [1.165, 1.54) is 0 Å². The predicted octanol–water partition coefficient (Wildman–Crippen LogP) is 3.35. The molecule has 3 nitrogen and oxygen atoms in total. The normalized spacial score (nSPS) is 8.88. The van der Waals surface area contributed by atoms with Crippen molar-refractivity contribution in [1.29, 1.82) is 0 Å². The lowest BCUT2D eigenvalue weighted by Gasteiger charge is -1.93. The third-order valence-electron chi connectivity index (χ3n) is 1.97. The number of unbranched alkanes of at least 4 members (excludes halogenated alkanes) is 2. The monoisotopic (exact) mass is 224 g/mol. The van der Waals surface area contributed by atoms with Gasteiger partial charge in [0.05, 0.1) is 7.11 Å². The second-order valence-corrected chi connectivity index (χ2v) is 3.37. The topological polar surface area (TPSA) is 46.5 Å². The van der Waals surface area contributed by atoms with Gasteiger partial charge >= 0.3 is 5.97 Å². The van der Waals surface area contributed by atoms with Gasteiger partial charge in [-0.2, -0.15) is 0 Å². The van der Waals surface area contributed by atoms with Crippen molar-refractivity contribution < 1.29 is 14.6 Å². The molecule has 0 spiro atoms. The standard InChI is InChI=1S/C7H8O.C6H12O2/c1-8-7-5-3-2-4-6-7;1-2-3-4-5-6(7)8/h2-6H,1H3;2-5H2,1H3,(H,7,8). The molecule has 0 atom stereocenters. The van der Waals surface area contributed by atoms with Crippen molar-refractivity contribution in [3.8, 4) is 5.75 Å². The Morgan fingerprint density at radius 2 is 1.88 bits per heavy atom. The molecule has 90 valence electrons. The van der Waals surface area contributed by atoms with Crippen LogP contribution in [0.4, 0.5) is 0 Å². The van der Waals surface area contributed by atoms with Gasteiger partial charge in [-0.15, -0.1) is 0 Å². The summed E-state index contributed by atoms with van der Waals surface area (Å²) in [5.74, 6) is 0.228. The number of hydrogen-bond acceptors (Lipinski definition) is 2. The van der Waals surface area contributed by atoms with Crippen molar-refractivity contribution >= 4 is 5.97 Å². The number of carboxylic acids is 1. The molecular weight excluding hydrogens is 204 g/mol. The van der Waals surface area contributed by atoms with E-state index in [2.05, 4.69) is 6.92 Å². The van der Waals surface area contributed by atoms with E-state index in [1.807, 2.05) is 30.3 Å². The fourth-order valence-corrected chi connectivity index (χ4v) is 1.08. The fourth-order valence-electron chi connectivity index (χ4n) is 1.08. The first-order valence-electron chi connectivity index (χ1n) is 5.51. The van der Waals surface area contributed by atoms with E-state index in [1.54, 1.807) is 7.11 Å². The molecule has 0 heterocycles. The summed E-state index contributed by atoms with van der Waals surface area (Å²) in [6.45, 7) is 2.06. The quantitative estimate of drug-likeness (QED) is 0.780. The lowest BCUT2D eigenvalue weighted by Crippen LogP contribution is -1.92. The molecule has 0 aliphatic rings. The molecule has 1 rings (SSSR count). The maximum absolute atomic E-state index is 9.87. The van der Waals surface area contributed by atoms with Crippen molar-refractivity contribution in [1.82, 2.24) is 0 Å². The molecule has 0 aliphatic heterocycles. The van der Waals surface area contributed by atoms with E-state index < -0.39 is 5.97 Å². The van der Waals surface area contributed by atoms with Gasteiger partial charge in [-0.05, 0) is 18.6 Å². The van der Waals surface area contributed by atoms with Gasteiger partial charge in [-0.1, -0.05) is 38.0 Å². The van der Waals surface area contributed by atoms with E-state index in [0.717, 1.165) is 25.0 Å². The Morgan fingerprint density at radius 1 is 1.25 bits per heavy atom. The SMILES string of the molecule is CCCCCC(=O)O.COc1ccccc1. The van der Waals surface area contributed by atoms with Crippen LogP contribution in [0, 0.1) is 0 Å². The highest BCUT2D eigenvalue weighted by Gasteiger charge is 1.92. The maximum atomic E-state index is 9.87. The molecule has 1 aromatic rings. The Kier molecular flexibility index (Phi) is 9.08. The Balaban J connectivity index is 0.000000281. The number of aliphatic carboxylic acids is 1. The van der Waals surface area contributed by atoms with E-state index >= 15 is 0 Å². The fraction of sp³-hybridized carbons (Fsp3) is 0.462. The van der Waals surface area contributed by atoms with Crippen LogP contribution in [0.25, 0.3) is 0 Å². The molecule has 0 fully saturated rings. The summed E-state index contributed by atoms with van der Waals surface area (Å²) in [5.41, 5.74) is 0. The van der Waals surface area contributed by atoms with Crippen LogP contribution in [-0.2, 0) is 4.79 Å². The number of para-hydroxylation sites is 1. The second-order valence-electron chi connectivity index (χ2n) is 3.37. The minimum atomic E-state index is -0.682. The summed E-state index contributed by atoms with van der Waals surface area (Å²) in [6.07, 6.45) is 3.28. The van der Waals surface area contributed by atoms with Gasteiger partial charge in [0, 0.05) is 6.42 Å². The number of ether oxygens (including phenoxy) is 1. The van der Waals surface area contributed by atoms with Gasteiger partial charge < -0.3 is 9.84 Å². The molecule has 0 unspecified atom stereocenters. The third-order valence-corrected chi connectivity index (χ3v) is 1.97. The van der Waals surface area contributed by atoms with Crippen LogP contribution in [0.15, 0.2) is 30.3 Å². The van der Waals surface area contributed by atoms with E-state index in [4.69, 9.17) is 9.84 Å². The molecule has 0 aromatic heterocycles. The van der Waals surface area contributed by atoms with Crippen LogP contribution < -0.4 is 4.74 Å². The van der Waals surface area contributed by atoms with Crippen molar-refractivity contribution in [2.24, 2.45) is 0 Å². The lowest BCUT2D eigenvalue weighted by atomic mass is 10.2. The molecule has 1 aromatic carbocycles. The summed E-state index contributed by atoms with van der Waals surface area (Å²) in [5, 5.41) is 8.14. The van der Waals surface area contributed by atoms with Crippen LogP contribution in [0.1, 0.15) is 32.6 Å². The van der Waals surface area contributed by atoms with Gasteiger partial charge in [0.25, 0.3) is 0 Å². The minimum Gasteiger partial charge on any atom is -0.497 e. The molecule has 0 saturated heterocycles. The minimum absolute atomic E-state index is 0.327.